The van der Waals surface area contributed by atoms with Crippen LogP contribution in [0.4, 0.5) is 0 Å². The van der Waals surface area contributed by atoms with Gasteiger partial charge in [-0.1, -0.05) is 0 Å². The second-order valence-corrected chi connectivity index (χ2v) is 5.18. The number of aromatic nitrogens is 4. The molecule has 0 unspecified atom stereocenters. The molecule has 0 atom stereocenters. The highest BCUT2D eigenvalue weighted by Gasteiger charge is 2.13. The number of nitrogens with zero attached hydrogens (tertiary/aromatic N) is 4. The lowest BCUT2D eigenvalue weighted by atomic mass is 10.2. The van der Waals surface area contributed by atoms with E-state index in [1.165, 1.54) is 25.9 Å². The monoisotopic (exact) mass is 275 g/mol. The maximum atomic E-state index is 5.32. The topological polar surface area (TPSA) is 49.7 Å². The average molecular weight is 275 g/mol. The molecule has 0 radical (unpaired) electrons. The molecular formula is C13H17N5S. The van der Waals surface area contributed by atoms with E-state index in [0.717, 1.165) is 24.5 Å². The summed E-state index contributed by atoms with van der Waals surface area (Å²) in [6.45, 7) is 4.32. The minimum absolute atomic E-state index is 0.686. The van der Waals surface area contributed by atoms with E-state index in [4.69, 9.17) is 12.2 Å². The minimum atomic E-state index is 0.686. The van der Waals surface area contributed by atoms with Crippen molar-refractivity contribution in [3.63, 3.8) is 0 Å². The van der Waals surface area contributed by atoms with Gasteiger partial charge in [0.1, 0.15) is 0 Å². The van der Waals surface area contributed by atoms with Crippen molar-refractivity contribution in [2.24, 2.45) is 0 Å². The second-order valence-electron chi connectivity index (χ2n) is 4.79. The van der Waals surface area contributed by atoms with Crippen molar-refractivity contribution in [1.82, 2.24) is 24.6 Å². The van der Waals surface area contributed by atoms with E-state index in [2.05, 4.69) is 24.6 Å². The summed E-state index contributed by atoms with van der Waals surface area (Å²) in [4.78, 5) is 6.51. The molecule has 0 spiro atoms. The Bertz CT molecular complexity index is 583. The Labute approximate surface area is 117 Å². The highest BCUT2D eigenvalue weighted by molar-refractivity contribution is 7.71. The number of likely N-dealkylation sites (tertiary alicyclic amines) is 1. The SMILES string of the molecule is S=c1[nH]nc(-c2ccncc2)n1CCN1CCCC1. The third-order valence-corrected chi connectivity index (χ3v) is 3.85. The van der Waals surface area contributed by atoms with E-state index in [-0.39, 0.29) is 0 Å². The third kappa shape index (κ3) is 2.74. The van der Waals surface area contributed by atoms with E-state index in [1.807, 2.05) is 12.1 Å². The highest BCUT2D eigenvalue weighted by Crippen LogP contribution is 2.16. The maximum Gasteiger partial charge on any atom is 0.195 e. The lowest BCUT2D eigenvalue weighted by molar-refractivity contribution is 0.322. The number of nitrogens with one attached hydrogen (secondary N) is 1. The third-order valence-electron chi connectivity index (χ3n) is 3.54. The summed E-state index contributed by atoms with van der Waals surface area (Å²) < 4.78 is 2.76. The molecule has 0 aliphatic carbocycles. The zero-order valence-electron chi connectivity index (χ0n) is 10.7. The Morgan fingerprint density at radius 3 is 2.63 bits per heavy atom. The van der Waals surface area contributed by atoms with Gasteiger partial charge in [0.25, 0.3) is 0 Å². The molecular weight excluding hydrogens is 258 g/mol. The summed E-state index contributed by atoms with van der Waals surface area (Å²) in [6.07, 6.45) is 6.18. The number of rotatable bonds is 4. The summed E-state index contributed by atoms with van der Waals surface area (Å²) in [5.41, 5.74) is 1.05. The molecule has 1 saturated heterocycles. The fourth-order valence-corrected chi connectivity index (χ4v) is 2.72. The average Bonchev–Trinajstić information content (AvgIpc) is 3.07. The first-order chi connectivity index (χ1) is 9.34. The smallest absolute Gasteiger partial charge is 0.195 e. The van der Waals surface area contributed by atoms with E-state index in [9.17, 15) is 0 Å². The first-order valence-electron chi connectivity index (χ1n) is 6.62. The van der Waals surface area contributed by atoms with Crippen LogP contribution in [0, 0.1) is 4.77 Å². The lowest BCUT2D eigenvalue weighted by Gasteiger charge is -2.15. The van der Waals surface area contributed by atoms with Crippen LogP contribution in [-0.2, 0) is 6.54 Å². The van der Waals surface area contributed by atoms with Crippen LogP contribution in [0.3, 0.4) is 0 Å². The molecule has 0 bridgehead atoms. The van der Waals surface area contributed by atoms with Crippen molar-refractivity contribution >= 4 is 12.2 Å². The van der Waals surface area contributed by atoms with E-state index < -0.39 is 0 Å². The molecule has 1 fully saturated rings. The normalized spacial score (nSPS) is 16.0. The predicted octanol–water partition coefficient (Wildman–Crippen LogP) is 2.10. The van der Waals surface area contributed by atoms with Gasteiger partial charge in [-0.25, -0.2) is 0 Å². The summed E-state index contributed by atoms with van der Waals surface area (Å²) >= 11 is 5.32. The van der Waals surface area contributed by atoms with Crippen LogP contribution < -0.4 is 0 Å². The van der Waals surface area contributed by atoms with Gasteiger partial charge >= 0.3 is 0 Å². The van der Waals surface area contributed by atoms with Crippen LogP contribution in [0.15, 0.2) is 24.5 Å². The fraction of sp³-hybridized carbons (Fsp3) is 0.462. The van der Waals surface area contributed by atoms with Crippen LogP contribution >= 0.6 is 12.2 Å². The van der Waals surface area contributed by atoms with E-state index in [0.29, 0.717) is 4.77 Å². The van der Waals surface area contributed by atoms with Gasteiger partial charge in [-0.05, 0) is 50.3 Å². The molecule has 2 aromatic rings. The van der Waals surface area contributed by atoms with Crippen molar-refractivity contribution in [3.8, 4) is 11.4 Å². The molecule has 1 aliphatic rings. The van der Waals surface area contributed by atoms with E-state index >= 15 is 0 Å². The van der Waals surface area contributed by atoms with Crippen LogP contribution in [0.5, 0.6) is 0 Å². The number of pyridine rings is 1. The van der Waals surface area contributed by atoms with Crippen molar-refractivity contribution in [1.29, 1.82) is 0 Å². The molecule has 0 aromatic carbocycles. The van der Waals surface area contributed by atoms with Gasteiger partial charge in [-0.2, -0.15) is 5.10 Å². The molecule has 3 rings (SSSR count). The zero-order chi connectivity index (χ0) is 13.1. The number of aromatic amines is 1. The first-order valence-corrected chi connectivity index (χ1v) is 7.03. The van der Waals surface area contributed by atoms with Crippen LogP contribution in [0.2, 0.25) is 0 Å². The number of hydrogen-bond donors (Lipinski definition) is 1. The molecule has 3 heterocycles. The van der Waals surface area contributed by atoms with Crippen molar-refractivity contribution < 1.29 is 0 Å². The van der Waals surface area contributed by atoms with Gasteiger partial charge in [-0.15, -0.1) is 0 Å². The highest BCUT2D eigenvalue weighted by atomic mass is 32.1. The summed E-state index contributed by atoms with van der Waals surface area (Å²) in [7, 11) is 0. The minimum Gasteiger partial charge on any atom is -0.302 e. The van der Waals surface area contributed by atoms with Crippen LogP contribution in [0.1, 0.15) is 12.8 Å². The molecule has 100 valence electrons. The Morgan fingerprint density at radius 2 is 1.89 bits per heavy atom. The molecule has 1 N–H and O–H groups in total. The van der Waals surface area contributed by atoms with Gasteiger partial charge in [0.05, 0.1) is 0 Å². The fourth-order valence-electron chi connectivity index (χ4n) is 2.49. The van der Waals surface area contributed by atoms with Crippen molar-refractivity contribution in [3.05, 3.63) is 29.3 Å². The summed E-state index contributed by atoms with van der Waals surface area (Å²) in [5.74, 6) is 0.895. The summed E-state index contributed by atoms with van der Waals surface area (Å²) in [5, 5.41) is 7.22. The van der Waals surface area contributed by atoms with Gasteiger partial charge in [0.2, 0.25) is 0 Å². The lowest BCUT2D eigenvalue weighted by Crippen LogP contribution is -2.24. The molecule has 19 heavy (non-hydrogen) atoms. The largest absolute Gasteiger partial charge is 0.302 e. The molecule has 1 aliphatic heterocycles. The van der Waals surface area contributed by atoms with E-state index in [1.54, 1.807) is 12.4 Å². The predicted molar refractivity (Wildman–Crippen MR) is 76.3 cm³/mol. The maximum absolute atomic E-state index is 5.32. The van der Waals surface area contributed by atoms with Crippen LogP contribution in [-0.4, -0.2) is 44.3 Å². The van der Waals surface area contributed by atoms with Gasteiger partial charge in [0.15, 0.2) is 10.6 Å². The molecule has 0 saturated carbocycles. The molecule has 6 heteroatoms. The van der Waals surface area contributed by atoms with Gasteiger partial charge < -0.3 is 4.90 Å². The van der Waals surface area contributed by atoms with Gasteiger partial charge in [-0.3, -0.25) is 14.6 Å². The second kappa shape index (κ2) is 5.63. The first kappa shape index (κ1) is 12.5. The van der Waals surface area contributed by atoms with Gasteiger partial charge in [0, 0.05) is 31.0 Å². The molecule has 0 amide bonds. The number of hydrogen-bond acceptors (Lipinski definition) is 4. The Kier molecular flexibility index (Phi) is 3.70. The Balaban J connectivity index is 1.80. The van der Waals surface area contributed by atoms with Crippen molar-refractivity contribution in [2.75, 3.05) is 19.6 Å². The van der Waals surface area contributed by atoms with Crippen molar-refractivity contribution in [2.45, 2.75) is 19.4 Å². The molecule has 2 aromatic heterocycles. The standard InChI is InChI=1S/C13H17N5S/c19-13-16-15-12(11-3-5-14-6-4-11)18(13)10-9-17-7-1-2-8-17/h3-6H,1-2,7-10H2,(H,16,19). The van der Waals surface area contributed by atoms with Crippen LogP contribution in [0.25, 0.3) is 11.4 Å². The number of H-pyrrole nitrogens is 1. The Hall–Kier alpha value is -1.53. The molecule has 5 nitrogen and oxygen atoms in total. The zero-order valence-corrected chi connectivity index (χ0v) is 11.6. The Morgan fingerprint density at radius 1 is 1.16 bits per heavy atom. The quantitative estimate of drug-likeness (QED) is 0.868. The summed E-state index contributed by atoms with van der Waals surface area (Å²) in [6, 6.07) is 3.91.